The van der Waals surface area contributed by atoms with Gasteiger partial charge in [0.25, 0.3) is 0 Å². The summed E-state index contributed by atoms with van der Waals surface area (Å²) in [6.45, 7) is 4.99. The van der Waals surface area contributed by atoms with E-state index in [0.29, 0.717) is 13.1 Å². The molecule has 1 aliphatic rings. The molecule has 5 nitrogen and oxygen atoms in total. The summed E-state index contributed by atoms with van der Waals surface area (Å²) >= 11 is 1.76. The highest BCUT2D eigenvalue weighted by molar-refractivity contribution is 7.09. The third-order valence-electron chi connectivity index (χ3n) is 3.22. The van der Waals surface area contributed by atoms with Crippen molar-refractivity contribution in [2.24, 2.45) is 10.9 Å². The molecule has 1 fully saturated rings. The maximum absolute atomic E-state index is 11.5. The Morgan fingerprint density at radius 3 is 2.81 bits per heavy atom. The van der Waals surface area contributed by atoms with Crippen molar-refractivity contribution in [2.75, 3.05) is 26.2 Å². The quantitative estimate of drug-likeness (QED) is 0.386. The fourth-order valence-electron chi connectivity index (χ4n) is 1.93. The maximum Gasteiger partial charge on any atom is 0.223 e. The molecule has 1 aromatic heterocycles. The van der Waals surface area contributed by atoms with E-state index in [0.717, 1.165) is 38.3 Å². The second-order valence-electron chi connectivity index (χ2n) is 5.08. The van der Waals surface area contributed by atoms with Crippen LogP contribution in [0.3, 0.4) is 0 Å². The molecule has 1 saturated carbocycles. The molecule has 0 spiro atoms. The summed E-state index contributed by atoms with van der Waals surface area (Å²) in [5, 5.41) is 11.5. The Bertz CT molecular complexity index is 454. The van der Waals surface area contributed by atoms with Gasteiger partial charge in [-0.25, -0.2) is 0 Å². The minimum Gasteiger partial charge on any atom is -0.357 e. The standard InChI is InChI=1S/C15H24N4OS/c1-2-16-15(18-8-7-13-4-3-11-21-13)19-10-9-17-14(20)12-5-6-12/h3-4,11-12H,2,5-10H2,1H3,(H,17,20)(H2,16,18,19). The molecule has 0 radical (unpaired) electrons. The molecule has 0 unspecified atom stereocenters. The van der Waals surface area contributed by atoms with Crippen molar-refractivity contribution in [3.05, 3.63) is 22.4 Å². The van der Waals surface area contributed by atoms with E-state index >= 15 is 0 Å². The van der Waals surface area contributed by atoms with Gasteiger partial charge in [-0.05, 0) is 31.2 Å². The van der Waals surface area contributed by atoms with Crippen LogP contribution in [0.4, 0.5) is 0 Å². The van der Waals surface area contributed by atoms with Crippen molar-refractivity contribution < 1.29 is 4.79 Å². The van der Waals surface area contributed by atoms with Crippen LogP contribution in [0, 0.1) is 5.92 Å². The Morgan fingerprint density at radius 1 is 1.33 bits per heavy atom. The number of aliphatic imine (C=N–C) groups is 1. The minimum atomic E-state index is 0.191. The number of amides is 1. The summed E-state index contributed by atoms with van der Waals surface area (Å²) in [5.41, 5.74) is 0. The third kappa shape index (κ3) is 6.16. The fraction of sp³-hybridized carbons (Fsp3) is 0.600. The van der Waals surface area contributed by atoms with Crippen LogP contribution < -0.4 is 16.0 Å². The van der Waals surface area contributed by atoms with Crippen LogP contribution in [0.5, 0.6) is 0 Å². The lowest BCUT2D eigenvalue weighted by Gasteiger charge is -2.11. The topological polar surface area (TPSA) is 65.5 Å². The molecule has 1 heterocycles. The van der Waals surface area contributed by atoms with Crippen LogP contribution in [0.1, 0.15) is 24.6 Å². The average molecular weight is 308 g/mol. The zero-order chi connectivity index (χ0) is 14.9. The first-order chi connectivity index (χ1) is 10.3. The number of hydrogen-bond acceptors (Lipinski definition) is 3. The zero-order valence-corrected chi connectivity index (χ0v) is 13.3. The van der Waals surface area contributed by atoms with Gasteiger partial charge in [-0.15, -0.1) is 11.3 Å². The molecule has 0 saturated heterocycles. The predicted octanol–water partition coefficient (Wildman–Crippen LogP) is 1.37. The summed E-state index contributed by atoms with van der Waals surface area (Å²) in [5.74, 6) is 1.28. The molecule has 1 aliphatic carbocycles. The van der Waals surface area contributed by atoms with Crippen molar-refractivity contribution in [2.45, 2.75) is 26.2 Å². The number of nitrogens with zero attached hydrogens (tertiary/aromatic N) is 1. The molecule has 1 aromatic rings. The molecular weight excluding hydrogens is 284 g/mol. The number of carbonyl (C=O) groups excluding carboxylic acids is 1. The van der Waals surface area contributed by atoms with Gasteiger partial charge in [0.05, 0.1) is 0 Å². The molecule has 6 heteroatoms. The summed E-state index contributed by atoms with van der Waals surface area (Å²) in [6.07, 6.45) is 3.06. The SMILES string of the molecule is CCNC(=NCCc1cccs1)NCCNC(=O)C1CC1. The van der Waals surface area contributed by atoms with Crippen LogP contribution in [0.2, 0.25) is 0 Å². The van der Waals surface area contributed by atoms with Crippen molar-refractivity contribution in [1.29, 1.82) is 0 Å². The van der Waals surface area contributed by atoms with Gasteiger partial charge in [-0.3, -0.25) is 9.79 Å². The van der Waals surface area contributed by atoms with E-state index < -0.39 is 0 Å². The number of guanidine groups is 1. The summed E-state index contributed by atoms with van der Waals surface area (Å²) in [6, 6.07) is 4.20. The zero-order valence-electron chi connectivity index (χ0n) is 12.5. The van der Waals surface area contributed by atoms with Gasteiger partial charge in [0, 0.05) is 43.4 Å². The van der Waals surface area contributed by atoms with Gasteiger partial charge in [0.1, 0.15) is 0 Å². The second-order valence-corrected chi connectivity index (χ2v) is 6.11. The van der Waals surface area contributed by atoms with E-state index in [4.69, 9.17) is 0 Å². The lowest BCUT2D eigenvalue weighted by Crippen LogP contribution is -2.41. The molecule has 0 atom stereocenters. The van der Waals surface area contributed by atoms with Crippen LogP contribution >= 0.6 is 11.3 Å². The smallest absolute Gasteiger partial charge is 0.223 e. The molecular formula is C15H24N4OS. The van der Waals surface area contributed by atoms with E-state index in [1.54, 1.807) is 11.3 Å². The van der Waals surface area contributed by atoms with E-state index in [2.05, 4.69) is 38.5 Å². The van der Waals surface area contributed by atoms with Gasteiger partial charge < -0.3 is 16.0 Å². The molecule has 21 heavy (non-hydrogen) atoms. The number of thiophene rings is 1. The lowest BCUT2D eigenvalue weighted by atomic mass is 10.3. The first-order valence-electron chi connectivity index (χ1n) is 7.62. The van der Waals surface area contributed by atoms with E-state index in [-0.39, 0.29) is 11.8 Å². The largest absolute Gasteiger partial charge is 0.357 e. The van der Waals surface area contributed by atoms with Crippen LogP contribution in [0.15, 0.2) is 22.5 Å². The molecule has 0 aliphatic heterocycles. The normalized spacial score (nSPS) is 14.8. The van der Waals surface area contributed by atoms with Crippen molar-refractivity contribution >= 4 is 23.2 Å². The molecule has 1 amide bonds. The minimum absolute atomic E-state index is 0.191. The average Bonchev–Trinajstić information content (AvgIpc) is 3.21. The van der Waals surface area contributed by atoms with Gasteiger partial charge in [0.2, 0.25) is 5.91 Å². The number of hydrogen-bond donors (Lipinski definition) is 3. The van der Waals surface area contributed by atoms with E-state index in [1.807, 2.05) is 6.92 Å². The second kappa shape index (κ2) is 8.67. The Balaban J connectivity index is 1.63. The highest BCUT2D eigenvalue weighted by Crippen LogP contribution is 2.28. The Morgan fingerprint density at radius 2 is 2.14 bits per heavy atom. The molecule has 0 aromatic carbocycles. The van der Waals surface area contributed by atoms with Gasteiger partial charge in [-0.1, -0.05) is 6.07 Å². The number of carbonyl (C=O) groups is 1. The van der Waals surface area contributed by atoms with Crippen molar-refractivity contribution in [1.82, 2.24) is 16.0 Å². The Labute approximate surface area is 130 Å². The summed E-state index contributed by atoms with van der Waals surface area (Å²) in [4.78, 5) is 17.4. The van der Waals surface area contributed by atoms with Crippen LogP contribution in [-0.2, 0) is 11.2 Å². The van der Waals surface area contributed by atoms with Gasteiger partial charge in [0.15, 0.2) is 5.96 Å². The van der Waals surface area contributed by atoms with Crippen LogP contribution in [-0.4, -0.2) is 38.0 Å². The number of nitrogens with one attached hydrogen (secondary N) is 3. The first-order valence-corrected chi connectivity index (χ1v) is 8.50. The molecule has 2 rings (SSSR count). The summed E-state index contributed by atoms with van der Waals surface area (Å²) in [7, 11) is 0. The van der Waals surface area contributed by atoms with Gasteiger partial charge in [-0.2, -0.15) is 0 Å². The van der Waals surface area contributed by atoms with Crippen molar-refractivity contribution in [3.8, 4) is 0 Å². The first kappa shape index (κ1) is 15.8. The highest BCUT2D eigenvalue weighted by Gasteiger charge is 2.28. The lowest BCUT2D eigenvalue weighted by molar-refractivity contribution is -0.122. The third-order valence-corrected chi connectivity index (χ3v) is 4.15. The molecule has 0 bridgehead atoms. The predicted molar refractivity (Wildman–Crippen MR) is 87.7 cm³/mol. The highest BCUT2D eigenvalue weighted by atomic mass is 32.1. The van der Waals surface area contributed by atoms with Gasteiger partial charge >= 0.3 is 0 Å². The molecule has 116 valence electrons. The summed E-state index contributed by atoms with van der Waals surface area (Å²) < 4.78 is 0. The monoisotopic (exact) mass is 308 g/mol. The Kier molecular flexibility index (Phi) is 6.53. The van der Waals surface area contributed by atoms with E-state index in [1.165, 1.54) is 4.88 Å². The number of rotatable bonds is 8. The van der Waals surface area contributed by atoms with Crippen LogP contribution in [0.25, 0.3) is 0 Å². The fourth-order valence-corrected chi connectivity index (χ4v) is 2.63. The molecule has 3 N–H and O–H groups in total. The Hall–Kier alpha value is -1.56. The maximum atomic E-state index is 11.5. The van der Waals surface area contributed by atoms with Crippen molar-refractivity contribution in [3.63, 3.8) is 0 Å². The van der Waals surface area contributed by atoms with E-state index in [9.17, 15) is 4.79 Å².